The highest BCUT2D eigenvalue weighted by atomic mass is 16.2. The van der Waals surface area contributed by atoms with Crippen LogP contribution in [-0.4, -0.2) is 24.5 Å². The maximum atomic E-state index is 12.1. The van der Waals surface area contributed by atoms with Gasteiger partial charge in [-0.2, -0.15) is 5.26 Å². The summed E-state index contributed by atoms with van der Waals surface area (Å²) in [6, 6.07) is 2.08. The van der Waals surface area contributed by atoms with Gasteiger partial charge in [-0.1, -0.05) is 13.3 Å². The zero-order valence-corrected chi connectivity index (χ0v) is 10.0. The number of nitrogens with zero attached hydrogens (tertiary/aromatic N) is 1. The summed E-state index contributed by atoms with van der Waals surface area (Å²) in [5, 5.41) is 14.7. The molecule has 1 rings (SSSR count). The average Bonchev–Trinajstić information content (AvgIpc) is 2.74. The summed E-state index contributed by atoms with van der Waals surface area (Å²) in [5.74, 6) is 0.116. The summed E-state index contributed by atoms with van der Waals surface area (Å²) in [6.07, 6.45) is 5.17. The Balaban J connectivity index is 2.39. The number of amides is 1. The van der Waals surface area contributed by atoms with E-state index in [9.17, 15) is 4.79 Å². The van der Waals surface area contributed by atoms with Crippen LogP contribution in [0.5, 0.6) is 0 Å². The highest BCUT2D eigenvalue weighted by Crippen LogP contribution is 2.24. The maximum Gasteiger partial charge on any atom is 0.240 e. The fourth-order valence-electron chi connectivity index (χ4n) is 2.29. The molecule has 1 atom stereocenters. The smallest absolute Gasteiger partial charge is 0.240 e. The molecule has 0 aliphatic carbocycles. The largest absolute Gasteiger partial charge is 0.354 e. The molecular weight excluding hydrogens is 202 g/mol. The summed E-state index contributed by atoms with van der Waals surface area (Å²) in [7, 11) is 0. The van der Waals surface area contributed by atoms with E-state index in [0.717, 1.165) is 38.6 Å². The number of hydrogen-bond donors (Lipinski definition) is 2. The van der Waals surface area contributed by atoms with Gasteiger partial charge in [-0.3, -0.25) is 4.79 Å². The molecule has 1 fully saturated rings. The fraction of sp³-hybridized carbons (Fsp3) is 0.833. The molecule has 0 spiro atoms. The van der Waals surface area contributed by atoms with Gasteiger partial charge in [0.2, 0.25) is 5.91 Å². The van der Waals surface area contributed by atoms with Crippen LogP contribution in [0.4, 0.5) is 0 Å². The van der Waals surface area contributed by atoms with Crippen LogP contribution < -0.4 is 10.6 Å². The number of carbonyl (C=O) groups excluding carboxylic acids is 1. The number of nitrogens with one attached hydrogen (secondary N) is 2. The molecule has 0 saturated carbocycles. The van der Waals surface area contributed by atoms with Gasteiger partial charge in [-0.15, -0.1) is 0 Å². The first kappa shape index (κ1) is 13.0. The second kappa shape index (κ2) is 6.49. The lowest BCUT2D eigenvalue weighted by molar-refractivity contribution is -0.127. The molecule has 1 aliphatic heterocycles. The summed E-state index contributed by atoms with van der Waals surface area (Å²) >= 11 is 0. The van der Waals surface area contributed by atoms with Crippen LogP contribution in [0.1, 0.15) is 45.4 Å². The second-order valence-electron chi connectivity index (χ2n) is 4.38. The third kappa shape index (κ3) is 3.21. The average molecular weight is 223 g/mol. The second-order valence-corrected chi connectivity index (χ2v) is 4.38. The van der Waals surface area contributed by atoms with Crippen molar-refractivity contribution < 1.29 is 4.79 Å². The molecule has 4 heteroatoms. The van der Waals surface area contributed by atoms with Crippen molar-refractivity contribution in [2.24, 2.45) is 0 Å². The van der Waals surface area contributed by atoms with Crippen LogP contribution in [0.25, 0.3) is 0 Å². The Morgan fingerprint density at radius 2 is 2.44 bits per heavy atom. The molecule has 1 heterocycles. The highest BCUT2D eigenvalue weighted by Gasteiger charge is 2.39. The minimum absolute atomic E-state index is 0.116. The van der Waals surface area contributed by atoms with Crippen molar-refractivity contribution in [1.29, 1.82) is 5.26 Å². The van der Waals surface area contributed by atoms with E-state index in [0.29, 0.717) is 13.0 Å². The summed E-state index contributed by atoms with van der Waals surface area (Å²) in [5.41, 5.74) is -0.332. The van der Waals surface area contributed by atoms with Crippen LogP contribution in [0.15, 0.2) is 0 Å². The normalized spacial score (nSPS) is 24.0. The van der Waals surface area contributed by atoms with Crippen molar-refractivity contribution in [3.63, 3.8) is 0 Å². The molecule has 1 amide bonds. The molecule has 0 aromatic carbocycles. The number of rotatable bonds is 6. The van der Waals surface area contributed by atoms with E-state index in [1.165, 1.54) is 0 Å². The van der Waals surface area contributed by atoms with Crippen LogP contribution >= 0.6 is 0 Å². The first-order valence-electron chi connectivity index (χ1n) is 6.15. The van der Waals surface area contributed by atoms with E-state index in [1.54, 1.807) is 0 Å². The third-order valence-corrected chi connectivity index (χ3v) is 3.11. The van der Waals surface area contributed by atoms with Crippen molar-refractivity contribution in [3.05, 3.63) is 0 Å². The third-order valence-electron chi connectivity index (χ3n) is 3.11. The molecular formula is C12H21N3O. The van der Waals surface area contributed by atoms with Gasteiger partial charge in [0, 0.05) is 13.0 Å². The number of unbranched alkanes of at least 4 members (excludes halogenated alkanes) is 1. The van der Waals surface area contributed by atoms with E-state index < -0.39 is 0 Å². The van der Waals surface area contributed by atoms with Gasteiger partial charge in [-0.05, 0) is 32.2 Å². The quantitative estimate of drug-likeness (QED) is 0.668. The Bertz CT molecular complexity index is 264. The molecule has 90 valence electrons. The first-order chi connectivity index (χ1) is 7.75. The molecule has 0 bridgehead atoms. The standard InChI is InChI=1S/C12H21N3O/c1-2-6-12(7-5-10-15-12)11(16)14-9-4-3-8-13/h15H,2-7,9-10H2,1H3,(H,14,16). The summed E-state index contributed by atoms with van der Waals surface area (Å²) in [6.45, 7) is 3.65. The van der Waals surface area contributed by atoms with Gasteiger partial charge in [0.1, 0.15) is 0 Å². The van der Waals surface area contributed by atoms with Crippen molar-refractivity contribution in [2.75, 3.05) is 13.1 Å². The Morgan fingerprint density at radius 1 is 1.62 bits per heavy atom. The Kier molecular flexibility index (Phi) is 5.27. The zero-order valence-electron chi connectivity index (χ0n) is 10.0. The number of nitriles is 1. The van der Waals surface area contributed by atoms with Crippen molar-refractivity contribution in [2.45, 2.75) is 51.0 Å². The molecule has 0 aromatic rings. The number of carbonyl (C=O) groups is 1. The lowest BCUT2D eigenvalue weighted by Gasteiger charge is -2.27. The zero-order chi connectivity index (χ0) is 11.9. The topological polar surface area (TPSA) is 64.9 Å². The van der Waals surface area contributed by atoms with Gasteiger partial charge in [0.05, 0.1) is 11.6 Å². The molecule has 16 heavy (non-hydrogen) atoms. The predicted octanol–water partition coefficient (Wildman–Crippen LogP) is 1.33. The predicted molar refractivity (Wildman–Crippen MR) is 62.7 cm³/mol. The minimum atomic E-state index is -0.332. The fourth-order valence-corrected chi connectivity index (χ4v) is 2.29. The SMILES string of the molecule is CCCC1(C(=O)NCCCC#N)CCCN1. The molecule has 1 aliphatic rings. The summed E-state index contributed by atoms with van der Waals surface area (Å²) < 4.78 is 0. The Morgan fingerprint density at radius 3 is 3.00 bits per heavy atom. The van der Waals surface area contributed by atoms with E-state index in [-0.39, 0.29) is 11.4 Å². The van der Waals surface area contributed by atoms with Gasteiger partial charge >= 0.3 is 0 Å². The lowest BCUT2D eigenvalue weighted by Crippen LogP contribution is -2.53. The molecule has 4 nitrogen and oxygen atoms in total. The summed E-state index contributed by atoms with van der Waals surface area (Å²) in [4.78, 5) is 12.1. The molecule has 2 N–H and O–H groups in total. The van der Waals surface area contributed by atoms with Gasteiger partial charge in [0.25, 0.3) is 0 Å². The minimum Gasteiger partial charge on any atom is -0.354 e. The molecule has 0 aromatic heterocycles. The van der Waals surface area contributed by atoms with Gasteiger partial charge in [0.15, 0.2) is 0 Å². The van der Waals surface area contributed by atoms with Crippen LogP contribution in [-0.2, 0) is 4.79 Å². The van der Waals surface area contributed by atoms with E-state index in [2.05, 4.69) is 23.6 Å². The van der Waals surface area contributed by atoms with Crippen LogP contribution in [0.3, 0.4) is 0 Å². The van der Waals surface area contributed by atoms with Gasteiger partial charge in [-0.25, -0.2) is 0 Å². The van der Waals surface area contributed by atoms with E-state index in [1.807, 2.05) is 0 Å². The van der Waals surface area contributed by atoms with E-state index >= 15 is 0 Å². The van der Waals surface area contributed by atoms with Crippen molar-refractivity contribution in [1.82, 2.24) is 10.6 Å². The molecule has 1 unspecified atom stereocenters. The van der Waals surface area contributed by atoms with Gasteiger partial charge < -0.3 is 10.6 Å². The van der Waals surface area contributed by atoms with Crippen molar-refractivity contribution in [3.8, 4) is 6.07 Å². The monoisotopic (exact) mass is 223 g/mol. The highest BCUT2D eigenvalue weighted by molar-refractivity contribution is 5.86. The van der Waals surface area contributed by atoms with Crippen molar-refractivity contribution >= 4 is 5.91 Å². The first-order valence-corrected chi connectivity index (χ1v) is 6.15. The van der Waals surface area contributed by atoms with Crippen LogP contribution in [0, 0.1) is 11.3 Å². The molecule has 1 saturated heterocycles. The molecule has 0 radical (unpaired) electrons. The Hall–Kier alpha value is -1.08. The van der Waals surface area contributed by atoms with E-state index in [4.69, 9.17) is 5.26 Å². The van der Waals surface area contributed by atoms with Crippen LogP contribution in [0.2, 0.25) is 0 Å². The number of hydrogen-bond acceptors (Lipinski definition) is 3. The lowest BCUT2D eigenvalue weighted by atomic mass is 9.91. The Labute approximate surface area is 97.4 Å². The maximum absolute atomic E-state index is 12.1.